The normalized spacial score (nSPS) is 25.2. The van der Waals surface area contributed by atoms with Crippen molar-refractivity contribution in [3.63, 3.8) is 0 Å². The van der Waals surface area contributed by atoms with E-state index < -0.39 is 0 Å². The number of aryl methyl sites for hydroxylation is 1. The quantitative estimate of drug-likeness (QED) is 0.792. The number of piperazine rings is 1. The molecule has 108 valence electrons. The van der Waals surface area contributed by atoms with E-state index in [1.54, 1.807) is 25.3 Å². The summed E-state index contributed by atoms with van der Waals surface area (Å²) >= 11 is 1.76. The van der Waals surface area contributed by atoms with E-state index in [1.165, 1.54) is 0 Å². The van der Waals surface area contributed by atoms with Gasteiger partial charge in [0.15, 0.2) is 0 Å². The van der Waals surface area contributed by atoms with Crippen LogP contribution in [0.15, 0.2) is 12.3 Å². The molecule has 0 spiro atoms. The van der Waals surface area contributed by atoms with Gasteiger partial charge < -0.3 is 9.64 Å². The number of likely N-dealkylation sites (tertiary alicyclic amines) is 1. The Labute approximate surface area is 123 Å². The minimum Gasteiger partial charge on any atom is -0.481 e. The first-order chi connectivity index (χ1) is 9.63. The summed E-state index contributed by atoms with van der Waals surface area (Å²) in [5.41, 5.74) is 1.56. The van der Waals surface area contributed by atoms with Crippen LogP contribution in [0.4, 0.5) is 0 Å². The number of nitrogens with zero attached hydrogens (tertiary/aromatic N) is 3. The van der Waals surface area contributed by atoms with Crippen LogP contribution < -0.4 is 4.74 Å². The van der Waals surface area contributed by atoms with Gasteiger partial charge in [0.25, 0.3) is 5.91 Å². The summed E-state index contributed by atoms with van der Waals surface area (Å²) in [5.74, 6) is 0.684. The Balaban J connectivity index is 1.76. The third-order valence-electron chi connectivity index (χ3n) is 4.12. The predicted octanol–water partition coefficient (Wildman–Crippen LogP) is 1.58. The Kier molecular flexibility index (Phi) is 3.60. The van der Waals surface area contributed by atoms with Crippen LogP contribution in [0.3, 0.4) is 0 Å². The van der Waals surface area contributed by atoms with Gasteiger partial charge in [0.05, 0.1) is 12.7 Å². The van der Waals surface area contributed by atoms with Gasteiger partial charge in [-0.3, -0.25) is 4.79 Å². The van der Waals surface area contributed by atoms with Crippen molar-refractivity contribution in [2.75, 3.05) is 26.5 Å². The summed E-state index contributed by atoms with van der Waals surface area (Å²) in [6.45, 7) is 3.84. The Morgan fingerprint density at radius 1 is 1.45 bits per heavy atom. The SMILES string of the molecule is COc1ncc(C(=O)N2C3CC2CN(SC)C3)cc1C. The number of hydrogen-bond donors (Lipinski definition) is 0. The Morgan fingerprint density at radius 2 is 2.15 bits per heavy atom. The van der Waals surface area contributed by atoms with Gasteiger partial charge >= 0.3 is 0 Å². The molecule has 0 radical (unpaired) electrons. The van der Waals surface area contributed by atoms with Crippen molar-refractivity contribution in [2.45, 2.75) is 25.4 Å². The molecule has 2 aliphatic rings. The van der Waals surface area contributed by atoms with Crippen molar-refractivity contribution in [3.8, 4) is 5.88 Å². The molecule has 0 aromatic carbocycles. The zero-order chi connectivity index (χ0) is 14.3. The number of aromatic nitrogens is 1. The molecule has 20 heavy (non-hydrogen) atoms. The number of piperidine rings is 1. The molecule has 0 saturated carbocycles. The van der Waals surface area contributed by atoms with Gasteiger partial charge in [0.1, 0.15) is 0 Å². The molecule has 2 unspecified atom stereocenters. The zero-order valence-electron chi connectivity index (χ0n) is 12.0. The van der Waals surface area contributed by atoms with Gasteiger partial charge in [-0.05, 0) is 25.7 Å². The second kappa shape index (κ2) is 5.26. The van der Waals surface area contributed by atoms with Crippen LogP contribution in [0, 0.1) is 6.92 Å². The van der Waals surface area contributed by atoms with Crippen LogP contribution >= 0.6 is 11.9 Å². The van der Waals surface area contributed by atoms with Gasteiger partial charge in [-0.1, -0.05) is 11.9 Å². The number of carbonyl (C=O) groups is 1. The molecule has 2 atom stereocenters. The number of pyridine rings is 1. The molecular formula is C14H19N3O2S. The smallest absolute Gasteiger partial charge is 0.256 e. The third-order valence-corrected chi connectivity index (χ3v) is 4.94. The highest BCUT2D eigenvalue weighted by atomic mass is 32.2. The van der Waals surface area contributed by atoms with Crippen molar-refractivity contribution in [1.82, 2.24) is 14.2 Å². The van der Waals surface area contributed by atoms with E-state index in [0.29, 0.717) is 23.5 Å². The van der Waals surface area contributed by atoms with E-state index >= 15 is 0 Å². The maximum absolute atomic E-state index is 12.6. The van der Waals surface area contributed by atoms with E-state index in [4.69, 9.17) is 4.74 Å². The van der Waals surface area contributed by atoms with Gasteiger partial charge in [-0.25, -0.2) is 9.29 Å². The van der Waals surface area contributed by atoms with Crippen LogP contribution in [0.5, 0.6) is 5.88 Å². The topological polar surface area (TPSA) is 45.7 Å². The maximum Gasteiger partial charge on any atom is 0.256 e. The highest BCUT2D eigenvalue weighted by Crippen LogP contribution is 2.35. The van der Waals surface area contributed by atoms with Crippen molar-refractivity contribution >= 4 is 17.9 Å². The fourth-order valence-corrected chi connectivity index (χ4v) is 3.74. The second-order valence-electron chi connectivity index (χ2n) is 5.34. The number of fused-ring (bicyclic) bond motifs is 2. The first-order valence-corrected chi connectivity index (χ1v) is 7.94. The molecule has 1 aromatic rings. The molecule has 0 aliphatic carbocycles. The Morgan fingerprint density at radius 3 is 2.70 bits per heavy atom. The maximum atomic E-state index is 12.6. The fraction of sp³-hybridized carbons (Fsp3) is 0.571. The summed E-state index contributed by atoms with van der Waals surface area (Å²) in [4.78, 5) is 18.8. The lowest BCUT2D eigenvalue weighted by atomic mass is 9.88. The molecule has 6 heteroatoms. The van der Waals surface area contributed by atoms with Crippen LogP contribution in [0.2, 0.25) is 0 Å². The minimum atomic E-state index is 0.102. The average molecular weight is 293 g/mol. The highest BCUT2D eigenvalue weighted by Gasteiger charge is 2.47. The van der Waals surface area contributed by atoms with Gasteiger partial charge in [0.2, 0.25) is 5.88 Å². The molecule has 2 fully saturated rings. The second-order valence-corrected chi connectivity index (χ2v) is 6.22. The third kappa shape index (κ3) is 2.16. The van der Waals surface area contributed by atoms with Gasteiger partial charge in [-0.2, -0.15) is 0 Å². The molecule has 5 nitrogen and oxygen atoms in total. The lowest BCUT2D eigenvalue weighted by Gasteiger charge is -2.55. The molecule has 1 amide bonds. The molecule has 2 saturated heterocycles. The number of amides is 1. The largest absolute Gasteiger partial charge is 0.481 e. The summed E-state index contributed by atoms with van der Waals surface area (Å²) in [7, 11) is 1.59. The molecular weight excluding hydrogens is 274 g/mol. The number of rotatable bonds is 3. The van der Waals surface area contributed by atoms with Crippen LogP contribution in [0.1, 0.15) is 22.3 Å². The van der Waals surface area contributed by atoms with Crippen molar-refractivity contribution < 1.29 is 9.53 Å². The van der Waals surface area contributed by atoms with Crippen molar-refractivity contribution in [2.24, 2.45) is 0 Å². The standard InChI is InChI=1S/C14H19N3O2S/c1-9-4-10(6-15-13(9)19-2)14(18)17-11-5-12(17)8-16(7-11)20-3/h4,6,11-12H,5,7-8H2,1-3H3. The number of ether oxygens (including phenoxy) is 1. The Bertz CT molecular complexity index is 525. The van der Waals surface area contributed by atoms with Crippen LogP contribution in [-0.4, -0.2) is 58.6 Å². The molecule has 2 aliphatic heterocycles. The van der Waals surface area contributed by atoms with E-state index in [0.717, 1.165) is 25.1 Å². The molecule has 2 bridgehead atoms. The number of methoxy groups -OCH3 is 1. The Hall–Kier alpha value is -1.27. The van der Waals surface area contributed by atoms with Crippen molar-refractivity contribution in [1.29, 1.82) is 0 Å². The first kappa shape index (κ1) is 13.7. The highest BCUT2D eigenvalue weighted by molar-refractivity contribution is 7.96. The van der Waals surface area contributed by atoms with E-state index in [2.05, 4.69) is 15.5 Å². The molecule has 3 heterocycles. The molecule has 1 aromatic heterocycles. The van der Waals surface area contributed by atoms with Gasteiger partial charge in [0, 0.05) is 36.9 Å². The lowest BCUT2D eigenvalue weighted by Crippen LogP contribution is -2.68. The minimum absolute atomic E-state index is 0.102. The summed E-state index contributed by atoms with van der Waals surface area (Å²) in [5, 5.41) is 0. The molecule has 0 N–H and O–H groups in total. The fourth-order valence-electron chi connectivity index (χ4n) is 3.09. The first-order valence-electron chi connectivity index (χ1n) is 6.76. The van der Waals surface area contributed by atoms with Gasteiger partial charge in [-0.15, -0.1) is 0 Å². The van der Waals surface area contributed by atoms with E-state index in [9.17, 15) is 4.79 Å². The summed E-state index contributed by atoms with van der Waals surface area (Å²) in [6, 6.07) is 2.58. The summed E-state index contributed by atoms with van der Waals surface area (Å²) in [6.07, 6.45) is 4.84. The zero-order valence-corrected chi connectivity index (χ0v) is 12.8. The van der Waals surface area contributed by atoms with Crippen LogP contribution in [0.25, 0.3) is 0 Å². The van der Waals surface area contributed by atoms with E-state index in [1.807, 2.05) is 17.9 Å². The van der Waals surface area contributed by atoms with E-state index in [-0.39, 0.29) is 5.91 Å². The van der Waals surface area contributed by atoms with Crippen LogP contribution in [-0.2, 0) is 0 Å². The monoisotopic (exact) mass is 293 g/mol. The number of carbonyl (C=O) groups excluding carboxylic acids is 1. The lowest BCUT2D eigenvalue weighted by molar-refractivity contribution is -0.0222. The summed E-state index contributed by atoms with van der Waals surface area (Å²) < 4.78 is 7.47. The number of hydrogen-bond acceptors (Lipinski definition) is 5. The average Bonchev–Trinajstić information content (AvgIpc) is 2.47. The van der Waals surface area contributed by atoms with Crippen molar-refractivity contribution in [3.05, 3.63) is 23.4 Å². The predicted molar refractivity (Wildman–Crippen MR) is 79.0 cm³/mol. The molecule has 3 rings (SSSR count).